The van der Waals surface area contributed by atoms with E-state index in [1.165, 1.54) is 11.3 Å². The van der Waals surface area contributed by atoms with Gasteiger partial charge < -0.3 is 15.2 Å². The van der Waals surface area contributed by atoms with Crippen LogP contribution >= 0.6 is 11.3 Å². The van der Waals surface area contributed by atoms with Crippen LogP contribution in [0.4, 0.5) is 0 Å². The normalized spacial score (nSPS) is 15.6. The number of nitrogens with two attached hydrogens (primary N) is 1. The number of nitrogens with zero attached hydrogens (tertiary/aromatic N) is 3. The molecule has 0 unspecified atom stereocenters. The predicted octanol–water partition coefficient (Wildman–Crippen LogP) is 3.06. The molecule has 3 aromatic rings. The fourth-order valence-electron chi connectivity index (χ4n) is 3.23. The SMILES string of the molecule is NC(=O)C1CCN(CCOc2ccc(Oc3nc4cccnc4s3)cc2)CC1. The lowest BCUT2D eigenvalue weighted by Crippen LogP contribution is -2.40. The predicted molar refractivity (Wildman–Crippen MR) is 108 cm³/mol. The van der Waals surface area contributed by atoms with Crippen molar-refractivity contribution in [1.82, 2.24) is 14.9 Å². The number of hydrogen-bond donors (Lipinski definition) is 1. The van der Waals surface area contributed by atoms with Crippen molar-refractivity contribution in [2.45, 2.75) is 12.8 Å². The van der Waals surface area contributed by atoms with Gasteiger partial charge in [-0.05, 0) is 62.3 Å². The summed E-state index contributed by atoms with van der Waals surface area (Å²) in [5, 5.41) is 0.571. The number of amides is 1. The Kier molecular flexibility index (Phi) is 5.68. The van der Waals surface area contributed by atoms with Crippen molar-refractivity contribution < 1.29 is 14.3 Å². The summed E-state index contributed by atoms with van der Waals surface area (Å²) in [6, 6.07) is 11.3. The summed E-state index contributed by atoms with van der Waals surface area (Å²) < 4.78 is 11.6. The van der Waals surface area contributed by atoms with Crippen LogP contribution in [0.1, 0.15) is 12.8 Å². The van der Waals surface area contributed by atoms with Crippen LogP contribution in [0.25, 0.3) is 10.3 Å². The molecule has 0 spiro atoms. The molecular formula is C20H22N4O3S. The summed E-state index contributed by atoms with van der Waals surface area (Å²) in [6.45, 7) is 3.22. The Morgan fingerprint density at radius 2 is 1.93 bits per heavy atom. The molecule has 0 radical (unpaired) electrons. The molecule has 1 aliphatic heterocycles. The lowest BCUT2D eigenvalue weighted by molar-refractivity contribution is -0.123. The van der Waals surface area contributed by atoms with Crippen molar-refractivity contribution in [3.05, 3.63) is 42.6 Å². The van der Waals surface area contributed by atoms with Gasteiger partial charge in [0.05, 0.1) is 0 Å². The van der Waals surface area contributed by atoms with Crippen LogP contribution in [0.2, 0.25) is 0 Å². The van der Waals surface area contributed by atoms with Crippen molar-refractivity contribution in [1.29, 1.82) is 0 Å². The van der Waals surface area contributed by atoms with Crippen molar-refractivity contribution in [3.63, 3.8) is 0 Å². The van der Waals surface area contributed by atoms with Crippen LogP contribution in [0.15, 0.2) is 42.6 Å². The molecule has 1 aliphatic rings. The highest BCUT2D eigenvalue weighted by Gasteiger charge is 2.22. The quantitative estimate of drug-likeness (QED) is 0.658. The summed E-state index contributed by atoms with van der Waals surface area (Å²) in [4.78, 5) is 23.1. The maximum atomic E-state index is 11.2. The molecule has 1 amide bonds. The summed E-state index contributed by atoms with van der Waals surface area (Å²) in [5.41, 5.74) is 6.21. The van der Waals surface area contributed by atoms with Gasteiger partial charge in [0, 0.05) is 18.7 Å². The van der Waals surface area contributed by atoms with E-state index >= 15 is 0 Å². The number of ether oxygens (including phenoxy) is 2. The van der Waals surface area contributed by atoms with E-state index in [4.69, 9.17) is 15.2 Å². The molecule has 7 nitrogen and oxygen atoms in total. The van der Waals surface area contributed by atoms with E-state index in [1.54, 1.807) is 6.20 Å². The highest BCUT2D eigenvalue weighted by atomic mass is 32.1. The van der Waals surface area contributed by atoms with Gasteiger partial charge in [0.2, 0.25) is 5.91 Å². The number of carbonyl (C=O) groups excluding carboxylic acids is 1. The van der Waals surface area contributed by atoms with Crippen LogP contribution in [-0.4, -0.2) is 47.0 Å². The Morgan fingerprint density at radius 3 is 2.64 bits per heavy atom. The molecule has 8 heteroatoms. The lowest BCUT2D eigenvalue weighted by atomic mass is 9.96. The standard InChI is InChI=1S/C20H22N4O3S/c21-18(25)14-7-10-24(11-8-14)12-13-26-15-3-5-16(6-4-15)27-20-23-17-2-1-9-22-19(17)28-20/h1-6,9,14H,7-8,10-13H2,(H2,21,25). The van der Waals surface area contributed by atoms with Crippen LogP contribution in [0.5, 0.6) is 16.7 Å². The third-order valence-corrected chi connectivity index (χ3v) is 5.70. The third kappa shape index (κ3) is 4.58. The molecule has 1 aromatic carbocycles. The summed E-state index contributed by atoms with van der Waals surface area (Å²) >= 11 is 1.42. The van der Waals surface area contributed by atoms with Gasteiger partial charge in [-0.3, -0.25) is 9.69 Å². The van der Waals surface area contributed by atoms with Crippen molar-refractivity contribution in [2.75, 3.05) is 26.2 Å². The van der Waals surface area contributed by atoms with E-state index in [1.807, 2.05) is 36.4 Å². The van der Waals surface area contributed by atoms with Crippen molar-refractivity contribution >= 4 is 27.6 Å². The maximum absolute atomic E-state index is 11.2. The van der Waals surface area contributed by atoms with Gasteiger partial charge in [0.15, 0.2) is 0 Å². The second-order valence-electron chi connectivity index (χ2n) is 6.75. The van der Waals surface area contributed by atoms with Gasteiger partial charge >= 0.3 is 0 Å². The first-order valence-corrected chi connectivity index (χ1v) is 10.1. The number of aromatic nitrogens is 2. The zero-order chi connectivity index (χ0) is 19.3. The molecular weight excluding hydrogens is 376 g/mol. The van der Waals surface area contributed by atoms with Crippen LogP contribution in [0, 0.1) is 5.92 Å². The molecule has 28 heavy (non-hydrogen) atoms. The van der Waals surface area contributed by atoms with Gasteiger partial charge in [-0.1, -0.05) is 11.3 Å². The third-order valence-electron chi connectivity index (χ3n) is 4.84. The van der Waals surface area contributed by atoms with Crippen molar-refractivity contribution in [2.24, 2.45) is 11.7 Å². The van der Waals surface area contributed by atoms with Gasteiger partial charge in [0.1, 0.15) is 28.5 Å². The van der Waals surface area contributed by atoms with E-state index in [9.17, 15) is 4.79 Å². The molecule has 1 fully saturated rings. The molecule has 0 bridgehead atoms. The Bertz CT molecular complexity index is 903. The molecule has 1 saturated heterocycles. The fraction of sp³-hybridized carbons (Fsp3) is 0.350. The molecule has 2 aromatic heterocycles. The molecule has 0 saturated carbocycles. The molecule has 3 heterocycles. The zero-order valence-electron chi connectivity index (χ0n) is 15.4. The molecule has 0 atom stereocenters. The van der Waals surface area contributed by atoms with Gasteiger partial charge in [0.25, 0.3) is 5.19 Å². The Balaban J connectivity index is 1.24. The highest BCUT2D eigenvalue weighted by Crippen LogP contribution is 2.30. The maximum Gasteiger partial charge on any atom is 0.281 e. The smallest absolute Gasteiger partial charge is 0.281 e. The van der Waals surface area contributed by atoms with E-state index in [2.05, 4.69) is 14.9 Å². The fourth-order valence-corrected chi connectivity index (χ4v) is 4.01. The largest absolute Gasteiger partial charge is 0.492 e. The second kappa shape index (κ2) is 8.53. The first kappa shape index (κ1) is 18.6. The average molecular weight is 398 g/mol. The van der Waals surface area contributed by atoms with Crippen LogP contribution in [0.3, 0.4) is 0 Å². The Hall–Kier alpha value is -2.71. The van der Waals surface area contributed by atoms with E-state index in [0.717, 1.165) is 48.6 Å². The Morgan fingerprint density at radius 1 is 1.18 bits per heavy atom. The number of hydrogen-bond acceptors (Lipinski definition) is 7. The summed E-state index contributed by atoms with van der Waals surface area (Å²) in [6.07, 6.45) is 3.42. The van der Waals surface area contributed by atoms with E-state index in [0.29, 0.717) is 17.6 Å². The number of piperidine rings is 1. The van der Waals surface area contributed by atoms with E-state index < -0.39 is 0 Å². The zero-order valence-corrected chi connectivity index (χ0v) is 16.2. The van der Waals surface area contributed by atoms with Crippen LogP contribution < -0.4 is 15.2 Å². The van der Waals surface area contributed by atoms with Crippen LogP contribution in [-0.2, 0) is 4.79 Å². The molecule has 146 valence electrons. The first-order chi connectivity index (χ1) is 13.7. The molecule has 2 N–H and O–H groups in total. The number of primary amides is 1. The average Bonchev–Trinajstić information content (AvgIpc) is 3.12. The van der Waals surface area contributed by atoms with Gasteiger partial charge in [-0.25, -0.2) is 9.97 Å². The minimum absolute atomic E-state index is 0.0240. The highest BCUT2D eigenvalue weighted by molar-refractivity contribution is 7.19. The number of carbonyl (C=O) groups is 1. The first-order valence-electron chi connectivity index (χ1n) is 9.31. The van der Waals surface area contributed by atoms with Gasteiger partial charge in [-0.15, -0.1) is 0 Å². The number of fused-ring (bicyclic) bond motifs is 1. The van der Waals surface area contributed by atoms with Gasteiger partial charge in [-0.2, -0.15) is 0 Å². The minimum atomic E-state index is -0.180. The topological polar surface area (TPSA) is 90.6 Å². The molecule has 4 rings (SSSR count). The number of likely N-dealkylation sites (tertiary alicyclic amines) is 1. The minimum Gasteiger partial charge on any atom is -0.492 e. The second-order valence-corrected chi connectivity index (χ2v) is 7.69. The Labute approximate surface area is 167 Å². The lowest BCUT2D eigenvalue weighted by Gasteiger charge is -2.30. The number of thiazole rings is 1. The van der Waals surface area contributed by atoms with Crippen molar-refractivity contribution in [3.8, 4) is 16.7 Å². The number of benzene rings is 1. The monoisotopic (exact) mass is 398 g/mol. The number of pyridine rings is 1. The number of rotatable bonds is 7. The summed E-state index contributed by atoms with van der Waals surface area (Å²) in [5.74, 6) is 1.35. The van der Waals surface area contributed by atoms with E-state index in [-0.39, 0.29) is 11.8 Å². The molecule has 0 aliphatic carbocycles. The summed E-state index contributed by atoms with van der Waals surface area (Å²) in [7, 11) is 0.